The second-order valence-corrected chi connectivity index (χ2v) is 6.95. The summed E-state index contributed by atoms with van der Waals surface area (Å²) in [5, 5.41) is 0. The molecule has 2 aliphatic rings. The Morgan fingerprint density at radius 1 is 1.30 bits per heavy atom. The van der Waals surface area contributed by atoms with E-state index >= 15 is 0 Å². The number of nitrogens with zero attached hydrogens (tertiary/aromatic N) is 2. The summed E-state index contributed by atoms with van der Waals surface area (Å²) in [6.45, 7) is 5.82. The number of likely N-dealkylation sites (N-methyl/N-ethyl adjacent to an activating group) is 1. The fourth-order valence-corrected chi connectivity index (χ4v) is 3.23. The molecule has 5 nitrogen and oxygen atoms in total. The summed E-state index contributed by atoms with van der Waals surface area (Å²) >= 11 is 0. The minimum atomic E-state index is -0.373. The van der Waals surface area contributed by atoms with Gasteiger partial charge in [0.2, 0.25) is 5.91 Å². The second kappa shape index (κ2) is 7.43. The van der Waals surface area contributed by atoms with Gasteiger partial charge in [0, 0.05) is 38.3 Å². The highest BCUT2D eigenvalue weighted by Gasteiger charge is 2.26. The van der Waals surface area contributed by atoms with Gasteiger partial charge in [0.1, 0.15) is 0 Å². The van der Waals surface area contributed by atoms with Crippen LogP contribution in [0.1, 0.15) is 28.8 Å². The largest absolute Gasteiger partial charge is 0.374 e. The van der Waals surface area contributed by atoms with Gasteiger partial charge in [-0.15, -0.1) is 0 Å². The van der Waals surface area contributed by atoms with Crippen molar-refractivity contribution in [2.75, 3.05) is 39.8 Å². The molecule has 23 heavy (non-hydrogen) atoms. The Balaban J connectivity index is 1.48. The first-order valence-electron chi connectivity index (χ1n) is 8.51. The van der Waals surface area contributed by atoms with E-state index in [1.54, 1.807) is 12.1 Å². The SMILES string of the molecule is CN(CC1CC1)CC1CN(Cc2ccc(C(N)=O)cc2)CCO1. The molecule has 2 N–H and O–H groups in total. The Morgan fingerprint density at radius 3 is 2.70 bits per heavy atom. The topological polar surface area (TPSA) is 58.8 Å². The fraction of sp³-hybridized carbons (Fsp3) is 0.611. The molecular formula is C18H27N3O2. The highest BCUT2D eigenvalue weighted by Crippen LogP contribution is 2.29. The first-order chi connectivity index (χ1) is 11.1. The second-order valence-electron chi connectivity index (χ2n) is 6.95. The molecule has 1 aliphatic heterocycles. The Labute approximate surface area is 138 Å². The molecule has 1 heterocycles. The quantitative estimate of drug-likeness (QED) is 0.824. The maximum atomic E-state index is 11.1. The number of hydrogen-bond donors (Lipinski definition) is 1. The summed E-state index contributed by atoms with van der Waals surface area (Å²) in [5.74, 6) is 0.546. The predicted molar refractivity (Wildman–Crippen MR) is 90.2 cm³/mol. The zero-order chi connectivity index (χ0) is 16.2. The van der Waals surface area contributed by atoms with Crippen LogP contribution in [0.15, 0.2) is 24.3 Å². The van der Waals surface area contributed by atoms with Crippen molar-refractivity contribution in [1.29, 1.82) is 0 Å². The van der Waals surface area contributed by atoms with Crippen molar-refractivity contribution in [1.82, 2.24) is 9.80 Å². The summed E-state index contributed by atoms with van der Waals surface area (Å²) in [4.78, 5) is 16.0. The van der Waals surface area contributed by atoms with Gasteiger partial charge in [-0.3, -0.25) is 9.69 Å². The van der Waals surface area contributed by atoms with E-state index in [1.807, 2.05) is 12.1 Å². The van der Waals surface area contributed by atoms with Crippen LogP contribution >= 0.6 is 0 Å². The van der Waals surface area contributed by atoms with E-state index in [-0.39, 0.29) is 12.0 Å². The van der Waals surface area contributed by atoms with E-state index in [1.165, 1.54) is 24.9 Å². The summed E-state index contributed by atoms with van der Waals surface area (Å²) in [5.41, 5.74) is 7.06. The standard InChI is InChI=1S/C18H27N3O2/c1-20(10-14-2-3-14)12-17-13-21(8-9-23-17)11-15-4-6-16(7-5-15)18(19)22/h4-7,14,17H,2-3,8-13H2,1H3,(H2,19,22). The number of amides is 1. The van der Waals surface area contributed by atoms with E-state index in [4.69, 9.17) is 10.5 Å². The zero-order valence-corrected chi connectivity index (χ0v) is 13.9. The lowest BCUT2D eigenvalue weighted by Crippen LogP contribution is -2.46. The van der Waals surface area contributed by atoms with Crippen LogP contribution in [0.25, 0.3) is 0 Å². The molecule has 1 saturated carbocycles. The molecule has 0 spiro atoms. The number of nitrogens with two attached hydrogens (primary N) is 1. The van der Waals surface area contributed by atoms with Gasteiger partial charge in [-0.1, -0.05) is 12.1 Å². The summed E-state index contributed by atoms with van der Waals surface area (Å²) in [6.07, 6.45) is 3.07. The molecule has 126 valence electrons. The maximum absolute atomic E-state index is 11.1. The molecule has 2 fully saturated rings. The number of morpholine rings is 1. The van der Waals surface area contributed by atoms with Crippen LogP contribution in [0.3, 0.4) is 0 Å². The Bertz CT molecular complexity index is 528. The molecule has 1 amide bonds. The minimum Gasteiger partial charge on any atom is -0.374 e. The van der Waals surface area contributed by atoms with Gasteiger partial charge in [-0.2, -0.15) is 0 Å². The van der Waals surface area contributed by atoms with Crippen molar-refractivity contribution in [2.45, 2.75) is 25.5 Å². The number of benzene rings is 1. The van der Waals surface area contributed by atoms with Gasteiger partial charge in [0.25, 0.3) is 0 Å². The molecule has 1 aromatic carbocycles. The third-order valence-electron chi connectivity index (χ3n) is 4.65. The van der Waals surface area contributed by atoms with Crippen LogP contribution < -0.4 is 5.73 Å². The van der Waals surface area contributed by atoms with Gasteiger partial charge in [-0.05, 0) is 43.5 Å². The van der Waals surface area contributed by atoms with Crippen LogP contribution in [0.5, 0.6) is 0 Å². The van der Waals surface area contributed by atoms with E-state index in [0.717, 1.165) is 38.7 Å². The zero-order valence-electron chi connectivity index (χ0n) is 13.9. The van der Waals surface area contributed by atoms with Gasteiger partial charge < -0.3 is 15.4 Å². The third-order valence-corrected chi connectivity index (χ3v) is 4.65. The monoisotopic (exact) mass is 317 g/mol. The molecule has 1 saturated heterocycles. The van der Waals surface area contributed by atoms with Crippen LogP contribution in [-0.4, -0.2) is 61.6 Å². The van der Waals surface area contributed by atoms with Gasteiger partial charge in [0.05, 0.1) is 12.7 Å². The summed E-state index contributed by atoms with van der Waals surface area (Å²) < 4.78 is 5.92. The number of carbonyl (C=O) groups excluding carboxylic acids is 1. The van der Waals surface area contributed by atoms with Crippen molar-refractivity contribution < 1.29 is 9.53 Å². The van der Waals surface area contributed by atoms with E-state index in [0.29, 0.717) is 5.56 Å². The first-order valence-corrected chi connectivity index (χ1v) is 8.51. The molecule has 1 unspecified atom stereocenters. The van der Waals surface area contributed by atoms with E-state index in [2.05, 4.69) is 16.8 Å². The molecule has 3 rings (SSSR count). The van der Waals surface area contributed by atoms with Crippen LogP contribution in [0.2, 0.25) is 0 Å². The first kappa shape index (κ1) is 16.4. The molecular weight excluding hydrogens is 290 g/mol. The molecule has 1 aromatic rings. The van der Waals surface area contributed by atoms with Crippen LogP contribution in [-0.2, 0) is 11.3 Å². The number of primary amides is 1. The molecule has 5 heteroatoms. The lowest BCUT2D eigenvalue weighted by molar-refractivity contribution is -0.0434. The number of ether oxygens (including phenoxy) is 1. The Kier molecular flexibility index (Phi) is 5.30. The Hall–Kier alpha value is -1.43. The molecule has 0 bridgehead atoms. The van der Waals surface area contributed by atoms with Crippen molar-refractivity contribution in [3.8, 4) is 0 Å². The van der Waals surface area contributed by atoms with Gasteiger partial charge in [-0.25, -0.2) is 0 Å². The predicted octanol–water partition coefficient (Wildman–Crippen LogP) is 1.33. The molecule has 0 aromatic heterocycles. The highest BCUT2D eigenvalue weighted by molar-refractivity contribution is 5.92. The lowest BCUT2D eigenvalue weighted by Gasteiger charge is -2.35. The number of rotatable bonds is 7. The lowest BCUT2D eigenvalue weighted by atomic mass is 10.1. The molecule has 1 atom stereocenters. The van der Waals surface area contributed by atoms with Crippen molar-refractivity contribution in [3.05, 3.63) is 35.4 Å². The maximum Gasteiger partial charge on any atom is 0.248 e. The van der Waals surface area contributed by atoms with Crippen LogP contribution in [0.4, 0.5) is 0 Å². The van der Waals surface area contributed by atoms with Crippen molar-refractivity contribution in [2.24, 2.45) is 11.7 Å². The van der Waals surface area contributed by atoms with E-state index in [9.17, 15) is 4.79 Å². The highest BCUT2D eigenvalue weighted by atomic mass is 16.5. The summed E-state index contributed by atoms with van der Waals surface area (Å²) in [7, 11) is 2.20. The Morgan fingerprint density at radius 2 is 2.04 bits per heavy atom. The van der Waals surface area contributed by atoms with Gasteiger partial charge in [0.15, 0.2) is 0 Å². The average molecular weight is 317 g/mol. The smallest absolute Gasteiger partial charge is 0.248 e. The minimum absolute atomic E-state index is 0.289. The molecule has 0 radical (unpaired) electrons. The van der Waals surface area contributed by atoms with Crippen molar-refractivity contribution >= 4 is 5.91 Å². The van der Waals surface area contributed by atoms with Gasteiger partial charge >= 0.3 is 0 Å². The van der Waals surface area contributed by atoms with Crippen molar-refractivity contribution in [3.63, 3.8) is 0 Å². The molecule has 1 aliphatic carbocycles. The summed E-state index contributed by atoms with van der Waals surface area (Å²) in [6, 6.07) is 7.59. The number of carbonyl (C=O) groups is 1. The fourth-order valence-electron chi connectivity index (χ4n) is 3.23. The normalized spacial score (nSPS) is 22.4. The average Bonchev–Trinajstić information content (AvgIpc) is 3.32. The van der Waals surface area contributed by atoms with Crippen LogP contribution in [0, 0.1) is 5.92 Å². The number of hydrogen-bond acceptors (Lipinski definition) is 4. The van der Waals surface area contributed by atoms with E-state index < -0.39 is 0 Å². The third kappa shape index (κ3) is 5.03.